The van der Waals surface area contributed by atoms with Gasteiger partial charge in [-0.25, -0.2) is 13.1 Å². The van der Waals surface area contributed by atoms with Crippen molar-refractivity contribution in [2.24, 2.45) is 0 Å². The average Bonchev–Trinajstić information content (AvgIpc) is 2.72. The van der Waals surface area contributed by atoms with E-state index in [2.05, 4.69) is 20.3 Å². The van der Waals surface area contributed by atoms with Crippen molar-refractivity contribution < 1.29 is 8.42 Å². The molecule has 0 aliphatic rings. The molecule has 0 bridgehead atoms. The number of nitrogens with one attached hydrogen (secondary N) is 3. The van der Waals surface area contributed by atoms with Gasteiger partial charge in [-0.1, -0.05) is 29.8 Å². The van der Waals surface area contributed by atoms with Crippen molar-refractivity contribution in [1.29, 1.82) is 0 Å². The molecule has 3 N–H and O–H groups in total. The Hall–Kier alpha value is -2.81. The number of rotatable bonds is 7. The molecule has 1 heterocycles. The molecule has 0 spiro atoms. The van der Waals surface area contributed by atoms with Crippen molar-refractivity contribution in [2.45, 2.75) is 24.9 Å². The zero-order valence-corrected chi connectivity index (χ0v) is 17.6. The summed E-state index contributed by atoms with van der Waals surface area (Å²) in [4.78, 5) is 4.17. The van der Waals surface area contributed by atoms with Gasteiger partial charge in [-0.3, -0.25) is 4.98 Å². The summed E-state index contributed by atoms with van der Waals surface area (Å²) in [6.07, 6.45) is 3.44. The molecule has 0 atom stereocenters. The molecule has 0 aliphatic carbocycles. The van der Waals surface area contributed by atoms with Crippen LogP contribution in [0.4, 0.5) is 5.69 Å². The van der Waals surface area contributed by atoms with E-state index in [0.717, 1.165) is 16.7 Å². The fourth-order valence-corrected chi connectivity index (χ4v) is 3.87. The summed E-state index contributed by atoms with van der Waals surface area (Å²) < 4.78 is 27.6. The predicted molar refractivity (Wildman–Crippen MR) is 119 cm³/mol. The van der Waals surface area contributed by atoms with E-state index in [4.69, 9.17) is 12.2 Å². The number of pyridine rings is 1. The minimum absolute atomic E-state index is 0.200. The molecule has 150 valence electrons. The first-order valence-electron chi connectivity index (χ1n) is 9.01. The van der Waals surface area contributed by atoms with Crippen LogP contribution < -0.4 is 15.4 Å². The number of thiocarbonyl (C=S) groups is 1. The SMILES string of the molecule is Cc1cccc(CNS(=O)(=O)c2ccc(NC(=S)NCc3ccncc3)cc2)c1. The summed E-state index contributed by atoms with van der Waals surface area (Å²) in [5.74, 6) is 0. The maximum atomic E-state index is 12.5. The molecule has 2 aromatic carbocycles. The summed E-state index contributed by atoms with van der Waals surface area (Å²) in [6, 6.07) is 18.0. The van der Waals surface area contributed by atoms with Crippen LogP contribution >= 0.6 is 12.2 Å². The van der Waals surface area contributed by atoms with Gasteiger partial charge in [-0.2, -0.15) is 0 Å². The number of aromatic nitrogens is 1. The number of nitrogens with zero attached hydrogens (tertiary/aromatic N) is 1. The van der Waals surface area contributed by atoms with Crippen LogP contribution in [0.25, 0.3) is 0 Å². The molecular formula is C21H22N4O2S2. The first-order valence-corrected chi connectivity index (χ1v) is 10.9. The molecule has 1 aromatic heterocycles. The van der Waals surface area contributed by atoms with E-state index in [0.29, 0.717) is 17.3 Å². The lowest BCUT2D eigenvalue weighted by Crippen LogP contribution is -2.28. The number of sulfonamides is 1. The van der Waals surface area contributed by atoms with Gasteiger partial charge < -0.3 is 10.6 Å². The lowest BCUT2D eigenvalue weighted by Gasteiger charge is -2.12. The Kier molecular flexibility index (Phi) is 6.92. The van der Waals surface area contributed by atoms with Gasteiger partial charge in [-0.05, 0) is 66.7 Å². The van der Waals surface area contributed by atoms with E-state index in [1.54, 1.807) is 36.7 Å². The minimum Gasteiger partial charge on any atom is -0.358 e. The Morgan fingerprint density at radius 3 is 2.38 bits per heavy atom. The number of hydrogen-bond donors (Lipinski definition) is 3. The second-order valence-corrected chi connectivity index (χ2v) is 8.68. The van der Waals surface area contributed by atoms with Crippen LogP contribution in [0.15, 0.2) is 78.0 Å². The van der Waals surface area contributed by atoms with E-state index < -0.39 is 10.0 Å². The summed E-state index contributed by atoms with van der Waals surface area (Å²) in [5, 5.41) is 6.60. The minimum atomic E-state index is -3.59. The van der Waals surface area contributed by atoms with Crippen LogP contribution in [-0.2, 0) is 23.1 Å². The highest BCUT2D eigenvalue weighted by Gasteiger charge is 2.13. The Morgan fingerprint density at radius 2 is 1.69 bits per heavy atom. The number of hydrogen-bond acceptors (Lipinski definition) is 4. The molecule has 8 heteroatoms. The van der Waals surface area contributed by atoms with Gasteiger partial charge >= 0.3 is 0 Å². The van der Waals surface area contributed by atoms with Crippen LogP contribution in [0.1, 0.15) is 16.7 Å². The van der Waals surface area contributed by atoms with E-state index in [1.807, 2.05) is 43.3 Å². The Bertz CT molecular complexity index is 1070. The Morgan fingerprint density at radius 1 is 0.966 bits per heavy atom. The van der Waals surface area contributed by atoms with Crippen molar-refractivity contribution in [3.63, 3.8) is 0 Å². The zero-order valence-electron chi connectivity index (χ0n) is 15.9. The van der Waals surface area contributed by atoms with Crippen molar-refractivity contribution in [2.75, 3.05) is 5.32 Å². The van der Waals surface area contributed by atoms with Crippen LogP contribution in [0.3, 0.4) is 0 Å². The lowest BCUT2D eigenvalue weighted by atomic mass is 10.1. The molecule has 0 saturated heterocycles. The van der Waals surface area contributed by atoms with Crippen molar-refractivity contribution >= 4 is 33.0 Å². The number of anilines is 1. The van der Waals surface area contributed by atoms with Gasteiger partial charge in [0, 0.05) is 31.2 Å². The molecule has 0 aliphatic heterocycles. The molecule has 0 saturated carbocycles. The van der Waals surface area contributed by atoms with Crippen molar-refractivity contribution in [3.05, 3.63) is 89.7 Å². The maximum Gasteiger partial charge on any atom is 0.240 e. The molecular weight excluding hydrogens is 404 g/mol. The Balaban J connectivity index is 1.55. The maximum absolute atomic E-state index is 12.5. The third-order valence-electron chi connectivity index (χ3n) is 4.17. The molecule has 0 fully saturated rings. The van der Waals surface area contributed by atoms with Crippen LogP contribution in [0.5, 0.6) is 0 Å². The van der Waals surface area contributed by atoms with Crippen LogP contribution in [0, 0.1) is 6.92 Å². The standard InChI is InChI=1S/C21H22N4O2S2/c1-16-3-2-4-18(13-16)15-24-29(26,27)20-7-5-19(6-8-20)25-21(28)23-14-17-9-11-22-12-10-17/h2-13,24H,14-15H2,1H3,(H2,23,25,28). The summed E-state index contributed by atoms with van der Waals surface area (Å²) in [5.41, 5.74) is 3.77. The molecule has 0 radical (unpaired) electrons. The number of aryl methyl sites for hydroxylation is 1. The Labute approximate surface area is 176 Å². The predicted octanol–water partition coefficient (Wildman–Crippen LogP) is 3.36. The molecule has 3 rings (SSSR count). The molecule has 6 nitrogen and oxygen atoms in total. The third kappa shape index (κ3) is 6.35. The second kappa shape index (κ2) is 9.60. The lowest BCUT2D eigenvalue weighted by molar-refractivity contribution is 0.581. The van der Waals surface area contributed by atoms with Crippen LogP contribution in [0.2, 0.25) is 0 Å². The summed E-state index contributed by atoms with van der Waals surface area (Å²) in [7, 11) is -3.59. The van der Waals surface area contributed by atoms with E-state index in [-0.39, 0.29) is 11.4 Å². The van der Waals surface area contributed by atoms with Gasteiger partial charge in [0.2, 0.25) is 10.0 Å². The van der Waals surface area contributed by atoms with Crippen LogP contribution in [-0.4, -0.2) is 18.5 Å². The summed E-state index contributed by atoms with van der Waals surface area (Å²) in [6.45, 7) is 2.79. The largest absolute Gasteiger partial charge is 0.358 e. The molecule has 3 aromatic rings. The van der Waals surface area contributed by atoms with Gasteiger partial charge in [0.25, 0.3) is 0 Å². The van der Waals surface area contributed by atoms with Crippen molar-refractivity contribution in [1.82, 2.24) is 15.0 Å². The fraction of sp³-hybridized carbons (Fsp3) is 0.143. The quantitative estimate of drug-likeness (QED) is 0.503. The first-order chi connectivity index (χ1) is 13.9. The molecule has 0 unspecified atom stereocenters. The smallest absolute Gasteiger partial charge is 0.240 e. The second-order valence-electron chi connectivity index (χ2n) is 6.50. The third-order valence-corrected chi connectivity index (χ3v) is 5.84. The van der Waals surface area contributed by atoms with Gasteiger partial charge in [-0.15, -0.1) is 0 Å². The zero-order chi connectivity index (χ0) is 20.7. The average molecular weight is 427 g/mol. The van der Waals surface area contributed by atoms with Gasteiger partial charge in [0.05, 0.1) is 4.90 Å². The van der Waals surface area contributed by atoms with Gasteiger partial charge in [0.1, 0.15) is 0 Å². The van der Waals surface area contributed by atoms with E-state index in [9.17, 15) is 8.42 Å². The highest BCUT2D eigenvalue weighted by molar-refractivity contribution is 7.89. The highest BCUT2D eigenvalue weighted by atomic mass is 32.2. The highest BCUT2D eigenvalue weighted by Crippen LogP contribution is 2.15. The molecule has 0 amide bonds. The fourth-order valence-electron chi connectivity index (χ4n) is 2.66. The van der Waals surface area contributed by atoms with E-state index >= 15 is 0 Å². The van der Waals surface area contributed by atoms with Crippen molar-refractivity contribution in [3.8, 4) is 0 Å². The summed E-state index contributed by atoms with van der Waals surface area (Å²) >= 11 is 5.28. The normalized spacial score (nSPS) is 11.1. The van der Waals surface area contributed by atoms with E-state index in [1.165, 1.54) is 0 Å². The molecule has 29 heavy (non-hydrogen) atoms. The topological polar surface area (TPSA) is 83.1 Å². The van der Waals surface area contributed by atoms with Gasteiger partial charge in [0.15, 0.2) is 5.11 Å². The first kappa shape index (κ1) is 20.9. The monoisotopic (exact) mass is 426 g/mol. The number of benzene rings is 2.